The molecule has 7 heteroatoms. The first kappa shape index (κ1) is 13.5. The van der Waals surface area contributed by atoms with Gasteiger partial charge in [0.25, 0.3) is 0 Å². The molecular formula is C13H22N6O. The molecule has 0 unspecified atom stereocenters. The second kappa shape index (κ2) is 5.51. The maximum absolute atomic E-state index is 10.3. The molecule has 2 aliphatic heterocycles. The molecule has 20 heavy (non-hydrogen) atoms. The average Bonchev–Trinajstić information content (AvgIpc) is 2.82. The van der Waals surface area contributed by atoms with Crippen molar-refractivity contribution in [3.05, 3.63) is 12.4 Å². The van der Waals surface area contributed by atoms with Crippen LogP contribution in [0.25, 0.3) is 0 Å². The Labute approximate surface area is 119 Å². The number of nitrogens with zero attached hydrogens (tertiary/aromatic N) is 5. The summed E-state index contributed by atoms with van der Waals surface area (Å²) in [5.41, 5.74) is 5.67. The summed E-state index contributed by atoms with van der Waals surface area (Å²) in [6.45, 7) is 5.50. The zero-order valence-electron chi connectivity index (χ0n) is 11.8. The first-order valence-corrected chi connectivity index (χ1v) is 7.06. The third kappa shape index (κ3) is 2.70. The number of β-amino-alcohol motifs (C(OH)–C–C–N with tert-alkyl or cyclic N) is 1. The predicted molar refractivity (Wildman–Crippen MR) is 77.5 cm³/mol. The summed E-state index contributed by atoms with van der Waals surface area (Å²) in [7, 11) is 2.14. The molecule has 1 aromatic heterocycles. The van der Waals surface area contributed by atoms with E-state index in [-0.39, 0.29) is 12.1 Å². The standard InChI is InChI=1S/C13H22N6O/c1-17-2-4-18(5-3-17)10-8-19(9-11(10)20)13-7-15-6-12(14)16-13/h6-7,10-11,20H,2-5,8-9H2,1H3,(H2,14,16)/t10-,11-/m0/s1. The van der Waals surface area contributed by atoms with Crippen LogP contribution in [0.4, 0.5) is 11.6 Å². The van der Waals surface area contributed by atoms with Crippen LogP contribution in [0, 0.1) is 0 Å². The van der Waals surface area contributed by atoms with Gasteiger partial charge in [-0.3, -0.25) is 9.88 Å². The first-order chi connectivity index (χ1) is 9.63. The van der Waals surface area contributed by atoms with Gasteiger partial charge in [-0.2, -0.15) is 0 Å². The molecular weight excluding hydrogens is 256 g/mol. The van der Waals surface area contributed by atoms with Crippen molar-refractivity contribution >= 4 is 11.6 Å². The molecule has 0 bridgehead atoms. The number of hydrogen-bond donors (Lipinski definition) is 2. The quantitative estimate of drug-likeness (QED) is 0.707. The van der Waals surface area contributed by atoms with E-state index in [0.717, 1.165) is 38.5 Å². The minimum atomic E-state index is -0.346. The van der Waals surface area contributed by atoms with E-state index in [1.54, 1.807) is 6.20 Å². The van der Waals surface area contributed by atoms with E-state index in [0.29, 0.717) is 12.4 Å². The molecule has 1 aromatic rings. The summed E-state index contributed by atoms with van der Waals surface area (Å²) in [6, 6.07) is 0.173. The minimum absolute atomic E-state index is 0.173. The lowest BCUT2D eigenvalue weighted by Crippen LogP contribution is -2.52. The molecule has 7 nitrogen and oxygen atoms in total. The molecule has 0 aromatic carbocycles. The number of aliphatic hydroxyl groups is 1. The van der Waals surface area contributed by atoms with E-state index in [1.807, 2.05) is 0 Å². The highest BCUT2D eigenvalue weighted by atomic mass is 16.3. The Balaban J connectivity index is 1.67. The maximum Gasteiger partial charge on any atom is 0.149 e. The Bertz CT molecular complexity index is 462. The number of nitrogens with two attached hydrogens (primary N) is 1. The number of piperazine rings is 1. The summed E-state index contributed by atoms with van der Waals surface area (Å²) in [5.74, 6) is 1.17. The Morgan fingerprint density at radius 2 is 1.95 bits per heavy atom. The molecule has 0 radical (unpaired) electrons. The lowest BCUT2D eigenvalue weighted by atomic mass is 10.1. The molecule has 2 fully saturated rings. The van der Waals surface area contributed by atoms with Gasteiger partial charge in [0.1, 0.15) is 11.6 Å². The Kier molecular flexibility index (Phi) is 3.73. The second-order valence-electron chi connectivity index (χ2n) is 5.68. The number of anilines is 2. The molecule has 0 aliphatic carbocycles. The molecule has 2 aliphatic rings. The van der Waals surface area contributed by atoms with Crippen molar-refractivity contribution in [1.82, 2.24) is 19.8 Å². The van der Waals surface area contributed by atoms with Crippen LogP contribution in [0.15, 0.2) is 12.4 Å². The van der Waals surface area contributed by atoms with Crippen molar-refractivity contribution < 1.29 is 5.11 Å². The van der Waals surface area contributed by atoms with Gasteiger partial charge in [0.2, 0.25) is 0 Å². The summed E-state index contributed by atoms with van der Waals surface area (Å²) < 4.78 is 0. The van der Waals surface area contributed by atoms with Crippen LogP contribution in [0.2, 0.25) is 0 Å². The zero-order valence-corrected chi connectivity index (χ0v) is 11.8. The average molecular weight is 278 g/mol. The van der Waals surface area contributed by atoms with Gasteiger partial charge in [-0.25, -0.2) is 4.98 Å². The predicted octanol–water partition coefficient (Wildman–Crippen LogP) is -1.14. The van der Waals surface area contributed by atoms with E-state index in [2.05, 4.69) is 31.7 Å². The van der Waals surface area contributed by atoms with Crippen molar-refractivity contribution in [3.63, 3.8) is 0 Å². The highest BCUT2D eigenvalue weighted by molar-refractivity contribution is 5.43. The number of nitrogen functional groups attached to an aromatic ring is 1. The maximum atomic E-state index is 10.3. The van der Waals surface area contributed by atoms with Crippen LogP contribution in [-0.2, 0) is 0 Å². The van der Waals surface area contributed by atoms with Crippen molar-refractivity contribution in [2.45, 2.75) is 12.1 Å². The fourth-order valence-corrected chi connectivity index (χ4v) is 2.99. The van der Waals surface area contributed by atoms with Crippen LogP contribution in [0.1, 0.15) is 0 Å². The summed E-state index contributed by atoms with van der Waals surface area (Å²) >= 11 is 0. The van der Waals surface area contributed by atoms with Gasteiger partial charge < -0.3 is 20.6 Å². The van der Waals surface area contributed by atoms with Crippen LogP contribution in [0.3, 0.4) is 0 Å². The van der Waals surface area contributed by atoms with Gasteiger partial charge in [0, 0.05) is 39.3 Å². The highest BCUT2D eigenvalue weighted by Crippen LogP contribution is 2.22. The Hall–Kier alpha value is -1.44. The van der Waals surface area contributed by atoms with E-state index in [1.165, 1.54) is 6.20 Å². The molecule has 3 heterocycles. The van der Waals surface area contributed by atoms with E-state index in [4.69, 9.17) is 5.73 Å². The van der Waals surface area contributed by atoms with Gasteiger partial charge in [-0.1, -0.05) is 0 Å². The van der Waals surface area contributed by atoms with Crippen LogP contribution in [0.5, 0.6) is 0 Å². The monoisotopic (exact) mass is 278 g/mol. The van der Waals surface area contributed by atoms with Crippen molar-refractivity contribution in [2.24, 2.45) is 0 Å². The fraction of sp³-hybridized carbons (Fsp3) is 0.692. The first-order valence-electron chi connectivity index (χ1n) is 7.06. The van der Waals surface area contributed by atoms with E-state index >= 15 is 0 Å². The molecule has 0 spiro atoms. The number of aliphatic hydroxyl groups excluding tert-OH is 1. The van der Waals surface area contributed by atoms with Crippen LogP contribution in [-0.4, -0.2) is 83.3 Å². The van der Waals surface area contributed by atoms with Crippen molar-refractivity contribution in [3.8, 4) is 0 Å². The van der Waals surface area contributed by atoms with Gasteiger partial charge in [0.05, 0.1) is 24.5 Å². The molecule has 3 rings (SSSR count). The van der Waals surface area contributed by atoms with Gasteiger partial charge in [-0.15, -0.1) is 0 Å². The smallest absolute Gasteiger partial charge is 0.149 e. The Morgan fingerprint density at radius 1 is 1.20 bits per heavy atom. The third-order valence-electron chi connectivity index (χ3n) is 4.23. The second-order valence-corrected chi connectivity index (χ2v) is 5.68. The minimum Gasteiger partial charge on any atom is -0.390 e. The molecule has 2 saturated heterocycles. The number of likely N-dealkylation sites (N-methyl/N-ethyl adjacent to an activating group) is 1. The molecule has 110 valence electrons. The SMILES string of the molecule is CN1CCN([C@H]2CN(c3cncc(N)n3)C[C@@H]2O)CC1. The van der Waals surface area contributed by atoms with E-state index < -0.39 is 0 Å². The fourth-order valence-electron chi connectivity index (χ4n) is 2.99. The number of rotatable bonds is 2. The van der Waals surface area contributed by atoms with Crippen LogP contribution < -0.4 is 10.6 Å². The highest BCUT2D eigenvalue weighted by Gasteiger charge is 2.37. The largest absolute Gasteiger partial charge is 0.390 e. The third-order valence-corrected chi connectivity index (χ3v) is 4.23. The van der Waals surface area contributed by atoms with Gasteiger partial charge in [0.15, 0.2) is 0 Å². The van der Waals surface area contributed by atoms with Gasteiger partial charge >= 0.3 is 0 Å². The van der Waals surface area contributed by atoms with E-state index in [9.17, 15) is 5.11 Å². The van der Waals surface area contributed by atoms with Crippen LogP contribution >= 0.6 is 0 Å². The van der Waals surface area contributed by atoms with Crippen molar-refractivity contribution in [1.29, 1.82) is 0 Å². The Morgan fingerprint density at radius 3 is 2.65 bits per heavy atom. The summed E-state index contributed by atoms with van der Waals surface area (Å²) in [6.07, 6.45) is 2.89. The zero-order chi connectivity index (χ0) is 14.1. The summed E-state index contributed by atoms with van der Waals surface area (Å²) in [5, 5.41) is 10.3. The number of aromatic nitrogens is 2. The number of hydrogen-bond acceptors (Lipinski definition) is 7. The van der Waals surface area contributed by atoms with Crippen molar-refractivity contribution in [2.75, 3.05) is 56.9 Å². The topological polar surface area (TPSA) is 81.8 Å². The lowest BCUT2D eigenvalue weighted by Gasteiger charge is -2.37. The van der Waals surface area contributed by atoms with Gasteiger partial charge in [-0.05, 0) is 7.05 Å². The normalized spacial score (nSPS) is 29.0. The molecule has 0 saturated carbocycles. The molecule has 2 atom stereocenters. The lowest BCUT2D eigenvalue weighted by molar-refractivity contribution is 0.0512. The molecule has 0 amide bonds. The summed E-state index contributed by atoms with van der Waals surface area (Å²) in [4.78, 5) is 15.1. The molecule has 3 N–H and O–H groups in total.